The van der Waals surface area contributed by atoms with Gasteiger partial charge in [0.25, 0.3) is 0 Å². The summed E-state index contributed by atoms with van der Waals surface area (Å²) in [5, 5.41) is 0.439. The van der Waals surface area contributed by atoms with E-state index in [2.05, 4.69) is 16.0 Å². The van der Waals surface area contributed by atoms with Crippen molar-refractivity contribution < 1.29 is 4.79 Å². The molecular formula is C14H21N5OS. The minimum Gasteiger partial charge on any atom is -0.383 e. The molecule has 0 saturated carbocycles. The number of anilines is 2. The number of hydrogen-bond donors (Lipinski definition) is 2. The van der Waals surface area contributed by atoms with Crippen molar-refractivity contribution in [3.05, 3.63) is 17.8 Å². The van der Waals surface area contributed by atoms with Gasteiger partial charge in [-0.05, 0) is 32.6 Å². The van der Waals surface area contributed by atoms with Crippen molar-refractivity contribution in [1.82, 2.24) is 14.9 Å². The van der Waals surface area contributed by atoms with Gasteiger partial charge in [0.2, 0.25) is 5.91 Å². The zero-order valence-electron chi connectivity index (χ0n) is 12.2. The van der Waals surface area contributed by atoms with Gasteiger partial charge in [-0.25, -0.2) is 9.97 Å². The molecule has 1 aliphatic carbocycles. The van der Waals surface area contributed by atoms with E-state index in [-0.39, 0.29) is 11.7 Å². The molecular weight excluding hydrogens is 286 g/mol. The summed E-state index contributed by atoms with van der Waals surface area (Å²) >= 11 is 1.26. The molecule has 1 aromatic rings. The molecule has 2 rings (SSSR count). The zero-order chi connectivity index (χ0) is 15.2. The Hall–Kier alpha value is -1.76. The number of carbonyl (C=O) groups is 1. The lowest BCUT2D eigenvalue weighted by atomic mass is 10.0. The molecule has 21 heavy (non-hydrogen) atoms. The first-order valence-corrected chi connectivity index (χ1v) is 8.11. The van der Waals surface area contributed by atoms with Crippen LogP contribution in [0.4, 0.5) is 11.6 Å². The summed E-state index contributed by atoms with van der Waals surface area (Å²) in [6, 6.07) is 1.50. The highest BCUT2D eigenvalue weighted by Gasteiger charge is 2.18. The van der Waals surface area contributed by atoms with Gasteiger partial charge in [-0.15, -0.1) is 0 Å². The first-order valence-electron chi connectivity index (χ1n) is 7.12. The quantitative estimate of drug-likeness (QED) is 0.638. The van der Waals surface area contributed by atoms with Crippen LogP contribution in [0.3, 0.4) is 0 Å². The van der Waals surface area contributed by atoms with Crippen LogP contribution in [0.1, 0.15) is 32.6 Å². The molecule has 0 aromatic carbocycles. The third-order valence-electron chi connectivity index (χ3n) is 3.30. The summed E-state index contributed by atoms with van der Waals surface area (Å²) in [5.74, 6) is 0.994. The predicted octanol–water partition coefficient (Wildman–Crippen LogP) is 2.04. The monoisotopic (exact) mass is 307 g/mol. The average Bonchev–Trinajstić information content (AvgIpc) is 2.46. The van der Waals surface area contributed by atoms with E-state index in [1.165, 1.54) is 24.2 Å². The molecule has 0 saturated heterocycles. The minimum absolute atomic E-state index is 0.0697. The molecule has 0 bridgehead atoms. The maximum absolute atomic E-state index is 12.4. The lowest BCUT2D eigenvalue weighted by Crippen LogP contribution is -2.32. The molecule has 0 aliphatic heterocycles. The second-order valence-electron chi connectivity index (χ2n) is 4.87. The molecule has 4 N–H and O–H groups in total. The highest BCUT2D eigenvalue weighted by Crippen LogP contribution is 2.23. The Balaban J connectivity index is 1.97. The molecule has 1 aliphatic rings. The summed E-state index contributed by atoms with van der Waals surface area (Å²) in [5.41, 5.74) is 12.4. The van der Waals surface area contributed by atoms with Gasteiger partial charge in [0.05, 0.1) is 5.75 Å². The number of nitrogens with two attached hydrogens (primary N) is 2. The predicted molar refractivity (Wildman–Crippen MR) is 85.5 cm³/mol. The number of thioether (sulfide) groups is 1. The Kier molecular flexibility index (Phi) is 5.44. The maximum Gasteiger partial charge on any atom is 0.237 e. The fourth-order valence-electron chi connectivity index (χ4n) is 2.34. The van der Waals surface area contributed by atoms with Crippen molar-refractivity contribution in [2.24, 2.45) is 0 Å². The molecule has 0 radical (unpaired) electrons. The van der Waals surface area contributed by atoms with E-state index < -0.39 is 0 Å². The molecule has 0 spiro atoms. The second-order valence-corrected chi connectivity index (χ2v) is 5.81. The van der Waals surface area contributed by atoms with Crippen molar-refractivity contribution in [2.45, 2.75) is 37.8 Å². The van der Waals surface area contributed by atoms with Gasteiger partial charge in [0.15, 0.2) is 5.16 Å². The largest absolute Gasteiger partial charge is 0.383 e. The third-order valence-corrected chi connectivity index (χ3v) is 4.13. The molecule has 1 heterocycles. The topological polar surface area (TPSA) is 98.1 Å². The Morgan fingerprint density at radius 2 is 2.05 bits per heavy atom. The van der Waals surface area contributed by atoms with E-state index >= 15 is 0 Å². The summed E-state index contributed by atoms with van der Waals surface area (Å²) in [4.78, 5) is 22.3. The molecule has 7 heteroatoms. The van der Waals surface area contributed by atoms with Gasteiger partial charge in [-0.1, -0.05) is 17.8 Å². The molecule has 114 valence electrons. The second kappa shape index (κ2) is 7.31. The van der Waals surface area contributed by atoms with E-state index in [0.29, 0.717) is 23.3 Å². The van der Waals surface area contributed by atoms with Crippen LogP contribution in [-0.2, 0) is 4.79 Å². The van der Waals surface area contributed by atoms with E-state index in [4.69, 9.17) is 11.5 Å². The van der Waals surface area contributed by atoms with Gasteiger partial charge >= 0.3 is 0 Å². The van der Waals surface area contributed by atoms with Crippen LogP contribution < -0.4 is 11.5 Å². The Bertz CT molecular complexity index is 526. The van der Waals surface area contributed by atoms with Crippen LogP contribution in [0.25, 0.3) is 0 Å². The fraction of sp³-hybridized carbons (Fsp3) is 0.500. The smallest absolute Gasteiger partial charge is 0.237 e. The van der Waals surface area contributed by atoms with Gasteiger partial charge in [-0.2, -0.15) is 0 Å². The molecule has 0 fully saturated rings. The van der Waals surface area contributed by atoms with E-state index in [9.17, 15) is 4.79 Å². The van der Waals surface area contributed by atoms with Crippen molar-refractivity contribution in [3.8, 4) is 0 Å². The zero-order valence-corrected chi connectivity index (χ0v) is 13.0. The van der Waals surface area contributed by atoms with Crippen LogP contribution in [0, 0.1) is 0 Å². The number of nitrogens with zero attached hydrogens (tertiary/aromatic N) is 3. The van der Waals surface area contributed by atoms with Crippen molar-refractivity contribution in [2.75, 3.05) is 23.8 Å². The number of hydrogen-bond acceptors (Lipinski definition) is 6. The molecule has 1 amide bonds. The highest BCUT2D eigenvalue weighted by atomic mass is 32.2. The normalized spacial score (nSPS) is 14.6. The summed E-state index contributed by atoms with van der Waals surface area (Å²) in [6.07, 6.45) is 6.57. The Labute approximate surface area is 129 Å². The fourth-order valence-corrected chi connectivity index (χ4v) is 3.08. The van der Waals surface area contributed by atoms with Crippen LogP contribution in [0.5, 0.6) is 0 Å². The SMILES string of the molecule is CCN(C(=O)CSc1nc(N)cc(N)n1)C1=CCCCC1. The number of amides is 1. The van der Waals surface area contributed by atoms with Crippen molar-refractivity contribution >= 4 is 29.3 Å². The number of carbonyl (C=O) groups excluding carboxylic acids is 1. The van der Waals surface area contributed by atoms with E-state index in [1.54, 1.807) is 0 Å². The minimum atomic E-state index is 0.0697. The third kappa shape index (κ3) is 4.35. The standard InChI is InChI=1S/C14H21N5OS/c1-2-19(10-6-4-3-5-7-10)13(20)9-21-14-17-11(15)8-12(16)18-14/h6,8H,2-5,7,9H2,1H3,(H4,15,16,17,18). The van der Waals surface area contributed by atoms with Gasteiger partial charge in [0.1, 0.15) is 11.6 Å². The Morgan fingerprint density at radius 3 is 2.62 bits per heavy atom. The van der Waals surface area contributed by atoms with Gasteiger partial charge in [-0.3, -0.25) is 4.79 Å². The number of allylic oxidation sites excluding steroid dienone is 2. The Morgan fingerprint density at radius 1 is 1.33 bits per heavy atom. The first-order chi connectivity index (χ1) is 10.1. The summed E-state index contributed by atoms with van der Waals surface area (Å²) in [6.45, 7) is 2.68. The first kappa shape index (κ1) is 15.6. The van der Waals surface area contributed by atoms with Gasteiger partial charge in [0, 0.05) is 18.3 Å². The lowest BCUT2D eigenvalue weighted by molar-refractivity contribution is -0.126. The van der Waals surface area contributed by atoms with Gasteiger partial charge < -0.3 is 16.4 Å². The molecule has 1 aromatic heterocycles. The van der Waals surface area contributed by atoms with Crippen LogP contribution in [0.15, 0.2) is 23.0 Å². The van der Waals surface area contributed by atoms with Crippen LogP contribution in [-0.4, -0.2) is 33.1 Å². The molecule has 0 atom stereocenters. The summed E-state index contributed by atoms with van der Waals surface area (Å²) in [7, 11) is 0. The lowest BCUT2D eigenvalue weighted by Gasteiger charge is -2.26. The number of aromatic nitrogens is 2. The average molecular weight is 307 g/mol. The maximum atomic E-state index is 12.4. The number of nitrogen functional groups attached to an aromatic ring is 2. The number of rotatable bonds is 5. The summed E-state index contributed by atoms with van der Waals surface area (Å²) < 4.78 is 0. The van der Waals surface area contributed by atoms with Crippen molar-refractivity contribution in [3.63, 3.8) is 0 Å². The molecule has 6 nitrogen and oxygen atoms in total. The van der Waals surface area contributed by atoms with E-state index in [0.717, 1.165) is 25.0 Å². The van der Waals surface area contributed by atoms with Crippen LogP contribution >= 0.6 is 11.8 Å². The van der Waals surface area contributed by atoms with E-state index in [1.807, 2.05) is 11.8 Å². The van der Waals surface area contributed by atoms with Crippen molar-refractivity contribution in [1.29, 1.82) is 0 Å². The molecule has 0 unspecified atom stereocenters. The highest BCUT2D eigenvalue weighted by molar-refractivity contribution is 7.99. The van der Waals surface area contributed by atoms with Crippen LogP contribution in [0.2, 0.25) is 0 Å².